The van der Waals surface area contributed by atoms with Crippen LogP contribution in [-0.4, -0.2) is 44.5 Å². The van der Waals surface area contributed by atoms with Crippen molar-refractivity contribution in [2.45, 2.75) is 27.3 Å². The topological polar surface area (TPSA) is 110 Å². The number of hydrogen-bond acceptors (Lipinski definition) is 6. The van der Waals surface area contributed by atoms with Gasteiger partial charge in [0.2, 0.25) is 5.91 Å². The number of nitrogens with one attached hydrogen (secondary N) is 1. The lowest BCUT2D eigenvalue weighted by molar-refractivity contribution is -0.131. The number of amides is 2. The Labute approximate surface area is 160 Å². The molecule has 0 aliphatic carbocycles. The standard InChI is InChI=1S/C19H21N5O4/c1-4-23(5-2)17(25)10-24-11-20-15-7-6-13(9-14(15)19(24)27)18(26)21-16-8-12(3)28-22-16/h6-9,11H,4-5,10H2,1-3H3,(H,21,22,26). The van der Waals surface area contributed by atoms with Gasteiger partial charge in [-0.25, -0.2) is 4.98 Å². The molecule has 0 radical (unpaired) electrons. The molecule has 0 spiro atoms. The van der Waals surface area contributed by atoms with Crippen LogP contribution >= 0.6 is 0 Å². The maximum Gasteiger partial charge on any atom is 0.261 e. The summed E-state index contributed by atoms with van der Waals surface area (Å²) < 4.78 is 6.17. The smallest absolute Gasteiger partial charge is 0.261 e. The van der Waals surface area contributed by atoms with Crippen molar-refractivity contribution >= 4 is 28.5 Å². The zero-order chi connectivity index (χ0) is 20.3. The minimum Gasteiger partial charge on any atom is -0.360 e. The molecule has 0 fully saturated rings. The number of nitrogens with zero attached hydrogens (tertiary/aromatic N) is 4. The Morgan fingerprint density at radius 1 is 1.21 bits per heavy atom. The highest BCUT2D eigenvalue weighted by atomic mass is 16.5. The summed E-state index contributed by atoms with van der Waals surface area (Å²) in [7, 11) is 0. The number of hydrogen-bond donors (Lipinski definition) is 1. The van der Waals surface area contributed by atoms with Gasteiger partial charge in [-0.15, -0.1) is 0 Å². The van der Waals surface area contributed by atoms with Crippen molar-refractivity contribution in [1.82, 2.24) is 19.6 Å². The Hall–Kier alpha value is -3.49. The van der Waals surface area contributed by atoms with Crippen LogP contribution in [0.5, 0.6) is 0 Å². The summed E-state index contributed by atoms with van der Waals surface area (Å²) in [6.07, 6.45) is 1.35. The fraction of sp³-hybridized carbons (Fsp3) is 0.316. The van der Waals surface area contributed by atoms with Gasteiger partial charge in [-0.05, 0) is 39.0 Å². The predicted molar refractivity (Wildman–Crippen MR) is 103 cm³/mol. The van der Waals surface area contributed by atoms with Gasteiger partial charge in [0.05, 0.1) is 17.2 Å². The van der Waals surface area contributed by atoms with E-state index in [-0.39, 0.29) is 34.8 Å². The minimum atomic E-state index is -0.427. The molecule has 1 aromatic carbocycles. The average Bonchev–Trinajstić information content (AvgIpc) is 3.09. The van der Waals surface area contributed by atoms with E-state index in [1.54, 1.807) is 30.0 Å². The second-order valence-corrected chi connectivity index (χ2v) is 6.25. The van der Waals surface area contributed by atoms with Crippen molar-refractivity contribution in [3.8, 4) is 0 Å². The molecular formula is C19H21N5O4. The lowest BCUT2D eigenvalue weighted by Gasteiger charge is -2.19. The SMILES string of the molecule is CCN(CC)C(=O)Cn1cnc2ccc(C(=O)Nc3cc(C)on3)cc2c1=O. The van der Waals surface area contributed by atoms with Crippen LogP contribution in [0.15, 0.2) is 39.9 Å². The Balaban J connectivity index is 1.90. The first-order valence-electron chi connectivity index (χ1n) is 8.94. The molecule has 28 heavy (non-hydrogen) atoms. The van der Waals surface area contributed by atoms with Gasteiger partial charge in [0.15, 0.2) is 5.82 Å². The van der Waals surface area contributed by atoms with Gasteiger partial charge < -0.3 is 14.7 Å². The number of carbonyl (C=O) groups is 2. The Bertz CT molecular complexity index is 1080. The van der Waals surface area contributed by atoms with Gasteiger partial charge in [-0.2, -0.15) is 0 Å². The van der Waals surface area contributed by atoms with Gasteiger partial charge in [0.1, 0.15) is 12.3 Å². The highest BCUT2D eigenvalue weighted by Gasteiger charge is 2.15. The number of aromatic nitrogens is 3. The molecule has 1 N–H and O–H groups in total. The molecule has 0 saturated carbocycles. The molecule has 9 nitrogen and oxygen atoms in total. The third-order valence-corrected chi connectivity index (χ3v) is 4.38. The number of likely N-dealkylation sites (N-methyl/N-ethyl adjacent to an activating group) is 1. The normalized spacial score (nSPS) is 10.8. The van der Waals surface area contributed by atoms with E-state index in [4.69, 9.17) is 4.52 Å². The molecule has 3 rings (SSSR count). The average molecular weight is 383 g/mol. The van der Waals surface area contributed by atoms with Crippen LogP contribution in [-0.2, 0) is 11.3 Å². The molecule has 0 atom stereocenters. The Kier molecular flexibility index (Phi) is 5.53. The Morgan fingerprint density at radius 3 is 2.61 bits per heavy atom. The van der Waals surface area contributed by atoms with Gasteiger partial charge in [-0.3, -0.25) is 19.0 Å². The Morgan fingerprint density at radius 2 is 1.96 bits per heavy atom. The number of benzene rings is 1. The van der Waals surface area contributed by atoms with Gasteiger partial charge in [0, 0.05) is 24.7 Å². The highest BCUT2D eigenvalue weighted by Crippen LogP contribution is 2.13. The maximum atomic E-state index is 12.8. The fourth-order valence-corrected chi connectivity index (χ4v) is 2.85. The first kappa shape index (κ1) is 19.3. The van der Waals surface area contributed by atoms with Crippen LogP contribution in [0.1, 0.15) is 30.0 Å². The summed E-state index contributed by atoms with van der Waals surface area (Å²) in [6, 6.07) is 6.22. The fourth-order valence-electron chi connectivity index (χ4n) is 2.85. The van der Waals surface area contributed by atoms with Crippen molar-refractivity contribution in [2.75, 3.05) is 18.4 Å². The second kappa shape index (κ2) is 8.03. The number of anilines is 1. The maximum absolute atomic E-state index is 12.8. The summed E-state index contributed by atoms with van der Waals surface area (Å²) in [5.41, 5.74) is 0.350. The van der Waals surface area contributed by atoms with Crippen molar-refractivity contribution < 1.29 is 14.1 Å². The van der Waals surface area contributed by atoms with E-state index in [1.165, 1.54) is 17.0 Å². The van der Waals surface area contributed by atoms with E-state index in [2.05, 4.69) is 15.5 Å². The number of fused-ring (bicyclic) bond motifs is 1. The third-order valence-electron chi connectivity index (χ3n) is 4.38. The second-order valence-electron chi connectivity index (χ2n) is 6.25. The molecular weight excluding hydrogens is 362 g/mol. The lowest BCUT2D eigenvalue weighted by atomic mass is 10.1. The molecule has 0 unspecified atom stereocenters. The zero-order valence-corrected chi connectivity index (χ0v) is 15.9. The monoisotopic (exact) mass is 383 g/mol. The molecule has 0 aliphatic heterocycles. The molecule has 2 aromatic heterocycles. The van der Waals surface area contributed by atoms with Crippen LogP contribution in [0, 0.1) is 6.92 Å². The van der Waals surface area contributed by atoms with Crippen molar-refractivity contribution in [1.29, 1.82) is 0 Å². The van der Waals surface area contributed by atoms with E-state index < -0.39 is 5.91 Å². The van der Waals surface area contributed by atoms with Gasteiger partial charge in [0.25, 0.3) is 11.5 Å². The molecule has 2 amide bonds. The summed E-state index contributed by atoms with van der Waals surface area (Å²) in [5.74, 6) is 0.266. The molecule has 9 heteroatoms. The number of rotatable bonds is 6. The van der Waals surface area contributed by atoms with E-state index in [1.807, 2.05) is 13.8 Å². The zero-order valence-electron chi connectivity index (χ0n) is 15.9. The summed E-state index contributed by atoms with van der Waals surface area (Å²) >= 11 is 0. The summed E-state index contributed by atoms with van der Waals surface area (Å²) in [5, 5.41) is 6.58. The molecule has 0 bridgehead atoms. The quantitative estimate of drug-likeness (QED) is 0.695. The summed E-state index contributed by atoms with van der Waals surface area (Å²) in [6.45, 7) is 6.51. The minimum absolute atomic E-state index is 0.0991. The van der Waals surface area contributed by atoms with Crippen molar-refractivity contribution in [3.63, 3.8) is 0 Å². The molecule has 3 aromatic rings. The number of carbonyl (C=O) groups excluding carboxylic acids is 2. The molecule has 2 heterocycles. The molecule has 0 saturated heterocycles. The van der Waals surface area contributed by atoms with E-state index in [0.717, 1.165) is 0 Å². The first-order valence-corrected chi connectivity index (χ1v) is 8.94. The van der Waals surface area contributed by atoms with Gasteiger partial charge in [-0.1, -0.05) is 5.16 Å². The molecule has 146 valence electrons. The lowest BCUT2D eigenvalue weighted by Crippen LogP contribution is -2.36. The first-order chi connectivity index (χ1) is 13.4. The van der Waals surface area contributed by atoms with Crippen LogP contribution < -0.4 is 10.9 Å². The van der Waals surface area contributed by atoms with Crippen LogP contribution in [0.2, 0.25) is 0 Å². The highest BCUT2D eigenvalue weighted by molar-refractivity contribution is 6.05. The molecule has 0 aliphatic rings. The van der Waals surface area contributed by atoms with Crippen molar-refractivity contribution in [2.24, 2.45) is 0 Å². The van der Waals surface area contributed by atoms with Crippen LogP contribution in [0.3, 0.4) is 0 Å². The summed E-state index contributed by atoms with van der Waals surface area (Å²) in [4.78, 5) is 43.4. The van der Waals surface area contributed by atoms with E-state index in [0.29, 0.717) is 24.4 Å². The van der Waals surface area contributed by atoms with Crippen molar-refractivity contribution in [3.05, 3.63) is 52.3 Å². The number of aryl methyl sites for hydroxylation is 1. The largest absolute Gasteiger partial charge is 0.360 e. The van der Waals surface area contributed by atoms with E-state index >= 15 is 0 Å². The van der Waals surface area contributed by atoms with Crippen LogP contribution in [0.25, 0.3) is 10.9 Å². The van der Waals surface area contributed by atoms with E-state index in [9.17, 15) is 14.4 Å². The third kappa shape index (κ3) is 3.93. The van der Waals surface area contributed by atoms with Gasteiger partial charge >= 0.3 is 0 Å². The predicted octanol–water partition coefficient (Wildman–Crippen LogP) is 1.81. The van der Waals surface area contributed by atoms with Crippen LogP contribution in [0.4, 0.5) is 5.82 Å².